The molecule has 0 saturated carbocycles. The molecule has 0 radical (unpaired) electrons. The van der Waals surface area contributed by atoms with Gasteiger partial charge in [0.25, 0.3) is 0 Å². The van der Waals surface area contributed by atoms with Gasteiger partial charge < -0.3 is 14.2 Å². The topological polar surface area (TPSA) is 78.9 Å². The minimum atomic E-state index is -0.771. The van der Waals surface area contributed by atoms with E-state index < -0.39 is 6.10 Å². The first-order valence-electron chi connectivity index (χ1n) is 26.5. The minimum Gasteiger partial charge on any atom is -0.462 e. The van der Waals surface area contributed by atoms with Crippen LogP contribution in [0.4, 0.5) is 0 Å². The van der Waals surface area contributed by atoms with Crippen LogP contribution in [0.2, 0.25) is 0 Å². The van der Waals surface area contributed by atoms with Gasteiger partial charge in [-0.25, -0.2) is 0 Å². The van der Waals surface area contributed by atoms with E-state index in [2.05, 4.69) is 57.2 Å². The average Bonchev–Trinajstić information content (AvgIpc) is 3.26. The van der Waals surface area contributed by atoms with E-state index in [4.69, 9.17) is 14.2 Å². The van der Waals surface area contributed by atoms with Gasteiger partial charge in [0.05, 0.1) is 0 Å². The summed E-state index contributed by atoms with van der Waals surface area (Å²) < 4.78 is 16.8. The Morgan fingerprint density at radius 2 is 0.590 bits per heavy atom. The van der Waals surface area contributed by atoms with E-state index in [1.165, 1.54) is 161 Å². The first-order valence-corrected chi connectivity index (χ1v) is 26.5. The van der Waals surface area contributed by atoms with Crippen LogP contribution in [0.15, 0.2) is 36.5 Å². The lowest BCUT2D eigenvalue weighted by Crippen LogP contribution is -2.30. The highest BCUT2D eigenvalue weighted by atomic mass is 16.6. The van der Waals surface area contributed by atoms with Crippen LogP contribution in [0.3, 0.4) is 0 Å². The molecule has 0 aromatic carbocycles. The number of allylic oxidation sites excluding steroid dienone is 6. The maximum atomic E-state index is 12.8. The largest absolute Gasteiger partial charge is 0.462 e. The maximum Gasteiger partial charge on any atom is 0.306 e. The summed E-state index contributed by atoms with van der Waals surface area (Å²) in [6.45, 7) is 6.62. The molecule has 0 aliphatic rings. The third-order valence-electron chi connectivity index (χ3n) is 11.6. The fourth-order valence-electron chi connectivity index (χ4n) is 7.63. The van der Waals surface area contributed by atoms with Crippen molar-refractivity contribution < 1.29 is 28.6 Å². The number of hydrogen-bond donors (Lipinski definition) is 0. The van der Waals surface area contributed by atoms with Crippen molar-refractivity contribution >= 4 is 17.9 Å². The molecule has 0 fully saturated rings. The number of esters is 3. The van der Waals surface area contributed by atoms with Crippen LogP contribution in [0, 0.1) is 0 Å². The van der Waals surface area contributed by atoms with Crippen LogP contribution in [0.1, 0.15) is 278 Å². The van der Waals surface area contributed by atoms with Gasteiger partial charge in [-0.15, -0.1) is 0 Å². The molecule has 0 bridgehead atoms. The smallest absolute Gasteiger partial charge is 0.306 e. The van der Waals surface area contributed by atoms with Gasteiger partial charge in [0.15, 0.2) is 6.10 Å². The third kappa shape index (κ3) is 48.5. The Balaban J connectivity index is 4.28. The summed E-state index contributed by atoms with van der Waals surface area (Å²) in [5.41, 5.74) is 0. The Bertz CT molecular complexity index is 1030. The van der Waals surface area contributed by atoms with E-state index in [1.807, 2.05) is 0 Å². The molecule has 0 aromatic rings. The molecule has 0 heterocycles. The number of unbranched alkanes of at least 4 members (excludes halogenated alkanes) is 31. The molecule has 0 rings (SSSR count). The van der Waals surface area contributed by atoms with Crippen LogP contribution in [0.5, 0.6) is 0 Å². The predicted molar refractivity (Wildman–Crippen MR) is 261 cm³/mol. The zero-order valence-electron chi connectivity index (χ0n) is 40.7. The highest BCUT2D eigenvalue weighted by Gasteiger charge is 2.19. The molecule has 0 spiro atoms. The summed E-state index contributed by atoms with van der Waals surface area (Å²) in [6.07, 6.45) is 58.5. The second-order valence-corrected chi connectivity index (χ2v) is 17.8. The lowest BCUT2D eigenvalue weighted by Gasteiger charge is -2.18. The first-order chi connectivity index (χ1) is 30.0. The van der Waals surface area contributed by atoms with Gasteiger partial charge in [-0.2, -0.15) is 0 Å². The summed E-state index contributed by atoms with van der Waals surface area (Å²) in [6, 6.07) is 0. The number of carbonyl (C=O) groups is 3. The van der Waals surface area contributed by atoms with Gasteiger partial charge in [0.2, 0.25) is 0 Å². The monoisotopic (exact) mass is 857 g/mol. The van der Waals surface area contributed by atoms with Crippen molar-refractivity contribution in [3.8, 4) is 0 Å². The van der Waals surface area contributed by atoms with Gasteiger partial charge in [0, 0.05) is 19.3 Å². The Morgan fingerprint density at radius 3 is 0.918 bits per heavy atom. The average molecular weight is 857 g/mol. The normalized spacial score (nSPS) is 12.2. The molecule has 0 aromatic heterocycles. The molecule has 356 valence electrons. The summed E-state index contributed by atoms with van der Waals surface area (Å²) in [5, 5.41) is 0. The molecule has 1 unspecified atom stereocenters. The summed E-state index contributed by atoms with van der Waals surface area (Å²) in [7, 11) is 0. The van der Waals surface area contributed by atoms with Crippen LogP contribution in [-0.2, 0) is 28.6 Å². The standard InChI is InChI=1S/C55H100O6/c1-4-7-10-13-16-19-21-23-24-25-26-27-28-29-30-32-33-36-39-42-45-48-54(57)60-51-52(50-59-53(56)47-44-41-38-35-18-15-12-9-6-3)61-55(58)49-46-43-40-37-34-31-22-20-17-14-11-8-5-2/h21,23,25-26,28-29,52H,4-20,22,24,27,30-51H2,1-3H3/b23-21-,26-25-,29-28-. The van der Waals surface area contributed by atoms with Crippen molar-refractivity contribution in [3.63, 3.8) is 0 Å². The lowest BCUT2D eigenvalue weighted by atomic mass is 10.0. The van der Waals surface area contributed by atoms with Gasteiger partial charge in [0.1, 0.15) is 13.2 Å². The van der Waals surface area contributed by atoms with Crippen LogP contribution in [0.25, 0.3) is 0 Å². The molecule has 6 heteroatoms. The van der Waals surface area contributed by atoms with E-state index >= 15 is 0 Å². The highest BCUT2D eigenvalue weighted by molar-refractivity contribution is 5.71. The molecule has 0 amide bonds. The molecule has 61 heavy (non-hydrogen) atoms. The van der Waals surface area contributed by atoms with E-state index in [0.717, 1.165) is 77.0 Å². The Kier molecular flexibility index (Phi) is 48.3. The second-order valence-electron chi connectivity index (χ2n) is 17.8. The summed E-state index contributed by atoms with van der Waals surface area (Å²) in [5.74, 6) is -0.877. The summed E-state index contributed by atoms with van der Waals surface area (Å²) >= 11 is 0. The lowest BCUT2D eigenvalue weighted by molar-refractivity contribution is -0.167. The Morgan fingerprint density at radius 1 is 0.328 bits per heavy atom. The van der Waals surface area contributed by atoms with Gasteiger partial charge in [-0.05, 0) is 57.8 Å². The molecular formula is C55H100O6. The summed E-state index contributed by atoms with van der Waals surface area (Å²) in [4.78, 5) is 37.9. The first kappa shape index (κ1) is 58.6. The maximum absolute atomic E-state index is 12.8. The molecular weight excluding hydrogens is 757 g/mol. The zero-order valence-corrected chi connectivity index (χ0v) is 40.7. The second kappa shape index (κ2) is 50.3. The van der Waals surface area contributed by atoms with Crippen LogP contribution >= 0.6 is 0 Å². The van der Waals surface area contributed by atoms with Crippen molar-refractivity contribution in [2.75, 3.05) is 13.2 Å². The number of hydrogen-bond acceptors (Lipinski definition) is 6. The van der Waals surface area contributed by atoms with Crippen molar-refractivity contribution in [2.45, 2.75) is 284 Å². The van der Waals surface area contributed by atoms with Crippen molar-refractivity contribution in [1.29, 1.82) is 0 Å². The molecule has 0 N–H and O–H groups in total. The molecule has 1 atom stereocenters. The van der Waals surface area contributed by atoms with Crippen LogP contribution in [-0.4, -0.2) is 37.2 Å². The Labute approximate surface area is 378 Å². The van der Waals surface area contributed by atoms with Crippen LogP contribution < -0.4 is 0 Å². The third-order valence-corrected chi connectivity index (χ3v) is 11.6. The van der Waals surface area contributed by atoms with Crippen molar-refractivity contribution in [1.82, 2.24) is 0 Å². The van der Waals surface area contributed by atoms with E-state index in [1.54, 1.807) is 0 Å². The van der Waals surface area contributed by atoms with Gasteiger partial charge in [-0.3, -0.25) is 14.4 Å². The van der Waals surface area contributed by atoms with E-state index in [9.17, 15) is 14.4 Å². The molecule has 6 nitrogen and oxygen atoms in total. The number of carbonyl (C=O) groups excluding carboxylic acids is 3. The molecule has 0 saturated heterocycles. The molecule has 0 aliphatic heterocycles. The fraction of sp³-hybridized carbons (Fsp3) is 0.836. The number of rotatable bonds is 48. The predicted octanol–water partition coefficient (Wildman–Crippen LogP) is 17.3. The molecule has 0 aliphatic carbocycles. The van der Waals surface area contributed by atoms with Crippen molar-refractivity contribution in [2.24, 2.45) is 0 Å². The van der Waals surface area contributed by atoms with Gasteiger partial charge in [-0.1, -0.05) is 237 Å². The highest BCUT2D eigenvalue weighted by Crippen LogP contribution is 2.15. The SMILES string of the molecule is CCCCCCC/C=C\C/C=C\C/C=C\CCCCCCCCC(=O)OCC(COC(=O)CCCCCCCCCCC)OC(=O)CCCCCCCCCCCCCCC. The van der Waals surface area contributed by atoms with Gasteiger partial charge >= 0.3 is 17.9 Å². The fourth-order valence-corrected chi connectivity index (χ4v) is 7.63. The van der Waals surface area contributed by atoms with Crippen molar-refractivity contribution in [3.05, 3.63) is 36.5 Å². The van der Waals surface area contributed by atoms with E-state index in [-0.39, 0.29) is 31.1 Å². The Hall–Kier alpha value is -2.37. The zero-order chi connectivity index (χ0) is 44.4. The van der Waals surface area contributed by atoms with E-state index in [0.29, 0.717) is 19.3 Å². The minimum absolute atomic E-state index is 0.0727. The number of ether oxygens (including phenoxy) is 3. The quantitative estimate of drug-likeness (QED) is 0.0262.